The van der Waals surface area contributed by atoms with Crippen molar-refractivity contribution in [2.75, 3.05) is 51.2 Å². The summed E-state index contributed by atoms with van der Waals surface area (Å²) in [6.07, 6.45) is 1.12. The summed E-state index contributed by atoms with van der Waals surface area (Å²) in [6.45, 7) is 9.09. The van der Waals surface area contributed by atoms with E-state index in [4.69, 9.17) is 0 Å². The zero-order valence-electron chi connectivity index (χ0n) is 11.7. The van der Waals surface area contributed by atoms with Crippen molar-refractivity contribution in [2.45, 2.75) is 13.3 Å². The van der Waals surface area contributed by atoms with Crippen molar-refractivity contribution in [1.29, 1.82) is 0 Å². The lowest BCUT2D eigenvalue weighted by Gasteiger charge is -2.29. The van der Waals surface area contributed by atoms with Gasteiger partial charge in [-0.3, -0.25) is 4.90 Å². The number of piperazine rings is 1. The molecule has 1 aromatic rings. The fourth-order valence-electron chi connectivity index (χ4n) is 2.34. The first-order chi connectivity index (χ1) is 8.79. The van der Waals surface area contributed by atoms with Gasteiger partial charge in [-0.2, -0.15) is 0 Å². The summed E-state index contributed by atoms with van der Waals surface area (Å²) in [5.74, 6) is 0. The molecule has 1 aliphatic heterocycles. The first-order valence-electron chi connectivity index (χ1n) is 7.02. The first kappa shape index (κ1) is 13.4. The minimum atomic E-state index is 1.10. The highest BCUT2D eigenvalue weighted by molar-refractivity contribution is 5.46. The normalized spacial score (nSPS) is 16.8. The van der Waals surface area contributed by atoms with Crippen LogP contribution in [0.5, 0.6) is 0 Å². The molecule has 0 bridgehead atoms. The van der Waals surface area contributed by atoms with Gasteiger partial charge in [-0.1, -0.05) is 19.1 Å². The third-order valence-corrected chi connectivity index (χ3v) is 3.75. The summed E-state index contributed by atoms with van der Waals surface area (Å²) in [7, 11) is 2.18. The van der Waals surface area contributed by atoms with Gasteiger partial charge in [-0.15, -0.1) is 0 Å². The molecule has 3 nitrogen and oxygen atoms in total. The number of hydrogen-bond acceptors (Lipinski definition) is 3. The fourth-order valence-corrected chi connectivity index (χ4v) is 2.34. The van der Waals surface area contributed by atoms with Gasteiger partial charge in [-0.25, -0.2) is 0 Å². The van der Waals surface area contributed by atoms with Crippen LogP contribution >= 0.6 is 0 Å². The Labute approximate surface area is 111 Å². The maximum atomic E-state index is 3.39. The molecule has 0 aromatic heterocycles. The molecule has 1 aromatic carbocycles. The van der Waals surface area contributed by atoms with Crippen molar-refractivity contribution in [3.8, 4) is 0 Å². The molecular formula is C15H25N3. The lowest BCUT2D eigenvalue weighted by Crippen LogP contribution is -2.46. The van der Waals surface area contributed by atoms with Crippen molar-refractivity contribution < 1.29 is 0 Å². The second kappa shape index (κ2) is 6.76. The van der Waals surface area contributed by atoms with Gasteiger partial charge in [0, 0.05) is 52.0 Å². The molecule has 0 amide bonds. The van der Waals surface area contributed by atoms with Crippen LogP contribution in [0.25, 0.3) is 0 Å². The van der Waals surface area contributed by atoms with Crippen LogP contribution in [0.2, 0.25) is 0 Å². The van der Waals surface area contributed by atoms with E-state index in [2.05, 4.69) is 53.4 Å². The minimum Gasteiger partial charge on any atom is -0.373 e. The number of aryl methyl sites for hydroxylation is 1. The van der Waals surface area contributed by atoms with Gasteiger partial charge in [0.05, 0.1) is 0 Å². The van der Waals surface area contributed by atoms with E-state index in [1.165, 1.54) is 24.3 Å². The summed E-state index contributed by atoms with van der Waals surface area (Å²) in [5.41, 5.74) is 2.73. The van der Waals surface area contributed by atoms with Crippen LogP contribution in [-0.2, 0) is 6.42 Å². The van der Waals surface area contributed by atoms with Crippen molar-refractivity contribution in [1.82, 2.24) is 10.2 Å². The second-order valence-electron chi connectivity index (χ2n) is 5.03. The quantitative estimate of drug-likeness (QED) is 0.852. The van der Waals surface area contributed by atoms with E-state index in [0.717, 1.165) is 32.6 Å². The van der Waals surface area contributed by atoms with E-state index in [9.17, 15) is 0 Å². The predicted octanol–water partition coefficient (Wildman–Crippen LogP) is 1.59. The van der Waals surface area contributed by atoms with Gasteiger partial charge in [0.1, 0.15) is 0 Å². The lowest BCUT2D eigenvalue weighted by atomic mass is 10.1. The van der Waals surface area contributed by atoms with Crippen LogP contribution in [0.3, 0.4) is 0 Å². The highest BCUT2D eigenvalue weighted by atomic mass is 15.2. The number of nitrogens with zero attached hydrogens (tertiary/aromatic N) is 2. The largest absolute Gasteiger partial charge is 0.373 e. The molecule has 0 radical (unpaired) electrons. The Balaban J connectivity index is 1.80. The van der Waals surface area contributed by atoms with Crippen LogP contribution in [0.15, 0.2) is 24.3 Å². The molecule has 0 atom stereocenters. The molecule has 1 fully saturated rings. The number of likely N-dealkylation sites (N-methyl/N-ethyl adjacent to an activating group) is 1. The maximum absolute atomic E-state index is 3.39. The van der Waals surface area contributed by atoms with Crippen LogP contribution in [-0.4, -0.2) is 51.2 Å². The first-order valence-corrected chi connectivity index (χ1v) is 7.02. The van der Waals surface area contributed by atoms with Crippen molar-refractivity contribution in [3.63, 3.8) is 0 Å². The Bertz CT molecular complexity index is 341. The molecule has 0 unspecified atom stereocenters. The molecule has 0 aliphatic carbocycles. The SMILES string of the molecule is CCc1ccc(N(C)CCN2CCNCC2)cc1. The average Bonchev–Trinajstić information content (AvgIpc) is 2.46. The van der Waals surface area contributed by atoms with Gasteiger partial charge in [0.2, 0.25) is 0 Å². The highest BCUT2D eigenvalue weighted by Gasteiger charge is 2.10. The average molecular weight is 247 g/mol. The Morgan fingerprint density at radius 2 is 1.83 bits per heavy atom. The summed E-state index contributed by atoms with van der Waals surface area (Å²) in [4.78, 5) is 4.88. The monoisotopic (exact) mass is 247 g/mol. The number of hydrogen-bond donors (Lipinski definition) is 1. The van der Waals surface area contributed by atoms with Gasteiger partial charge in [-0.05, 0) is 24.1 Å². The molecular weight excluding hydrogens is 222 g/mol. The van der Waals surface area contributed by atoms with E-state index < -0.39 is 0 Å². The Morgan fingerprint density at radius 1 is 1.17 bits per heavy atom. The van der Waals surface area contributed by atoms with E-state index in [1.54, 1.807) is 0 Å². The Hall–Kier alpha value is -1.06. The van der Waals surface area contributed by atoms with Gasteiger partial charge in [0.15, 0.2) is 0 Å². The van der Waals surface area contributed by atoms with Gasteiger partial charge in [0.25, 0.3) is 0 Å². The zero-order valence-corrected chi connectivity index (χ0v) is 11.7. The third-order valence-electron chi connectivity index (χ3n) is 3.75. The molecule has 100 valence electrons. The molecule has 1 heterocycles. The third kappa shape index (κ3) is 3.72. The van der Waals surface area contributed by atoms with Crippen molar-refractivity contribution in [3.05, 3.63) is 29.8 Å². The number of benzene rings is 1. The highest BCUT2D eigenvalue weighted by Crippen LogP contribution is 2.14. The number of anilines is 1. The zero-order chi connectivity index (χ0) is 12.8. The molecule has 0 spiro atoms. The van der Waals surface area contributed by atoms with Crippen molar-refractivity contribution >= 4 is 5.69 Å². The molecule has 1 saturated heterocycles. The fraction of sp³-hybridized carbons (Fsp3) is 0.600. The smallest absolute Gasteiger partial charge is 0.0364 e. The van der Waals surface area contributed by atoms with Crippen LogP contribution in [0.1, 0.15) is 12.5 Å². The van der Waals surface area contributed by atoms with Gasteiger partial charge >= 0.3 is 0 Å². The summed E-state index contributed by atoms with van der Waals surface area (Å²) in [5, 5.41) is 3.39. The molecule has 1 aliphatic rings. The molecule has 3 heteroatoms. The summed E-state index contributed by atoms with van der Waals surface area (Å²) < 4.78 is 0. The molecule has 18 heavy (non-hydrogen) atoms. The van der Waals surface area contributed by atoms with Crippen LogP contribution in [0, 0.1) is 0 Å². The van der Waals surface area contributed by atoms with Crippen LogP contribution in [0.4, 0.5) is 5.69 Å². The van der Waals surface area contributed by atoms with Crippen molar-refractivity contribution in [2.24, 2.45) is 0 Å². The molecule has 1 N–H and O–H groups in total. The second-order valence-corrected chi connectivity index (χ2v) is 5.03. The molecule has 2 rings (SSSR count). The van der Waals surface area contributed by atoms with Gasteiger partial charge < -0.3 is 10.2 Å². The standard InChI is InChI=1S/C15H25N3/c1-3-14-4-6-15(7-5-14)17(2)12-13-18-10-8-16-9-11-18/h4-7,16H,3,8-13H2,1-2H3. The predicted molar refractivity (Wildman–Crippen MR) is 78.4 cm³/mol. The summed E-state index contributed by atoms with van der Waals surface area (Å²) >= 11 is 0. The minimum absolute atomic E-state index is 1.10. The number of rotatable bonds is 5. The number of nitrogens with one attached hydrogen (secondary N) is 1. The summed E-state index contributed by atoms with van der Waals surface area (Å²) in [6, 6.07) is 8.93. The van der Waals surface area contributed by atoms with E-state index in [1.807, 2.05) is 0 Å². The maximum Gasteiger partial charge on any atom is 0.0364 e. The van der Waals surface area contributed by atoms with E-state index in [0.29, 0.717) is 0 Å². The topological polar surface area (TPSA) is 18.5 Å². The molecule has 0 saturated carbocycles. The van der Waals surface area contributed by atoms with Crippen LogP contribution < -0.4 is 10.2 Å². The Kier molecular flexibility index (Phi) is 5.02. The van der Waals surface area contributed by atoms with E-state index in [-0.39, 0.29) is 0 Å². The Morgan fingerprint density at radius 3 is 2.44 bits per heavy atom. The lowest BCUT2D eigenvalue weighted by molar-refractivity contribution is 0.246. The van der Waals surface area contributed by atoms with E-state index >= 15 is 0 Å².